The molecule has 3 aromatic carbocycles. The predicted octanol–water partition coefficient (Wildman–Crippen LogP) is 5.62. The first-order valence-corrected chi connectivity index (χ1v) is 14.2. The van der Waals surface area contributed by atoms with Gasteiger partial charge in [-0.15, -0.1) is 0 Å². The Bertz CT molecular complexity index is 1500. The van der Waals surface area contributed by atoms with Gasteiger partial charge >= 0.3 is 0 Å². The van der Waals surface area contributed by atoms with Crippen molar-refractivity contribution in [2.75, 3.05) is 32.4 Å². The number of rotatable bonds is 12. The summed E-state index contributed by atoms with van der Waals surface area (Å²) in [7, 11) is 4.65. The molecule has 0 aliphatic rings. The van der Waals surface area contributed by atoms with Crippen molar-refractivity contribution in [1.82, 2.24) is 14.9 Å². The fourth-order valence-electron chi connectivity index (χ4n) is 4.43. The lowest BCUT2D eigenvalue weighted by Gasteiger charge is -2.32. The van der Waals surface area contributed by atoms with E-state index in [1.54, 1.807) is 61.6 Å². The molecule has 10 heteroatoms. The molecule has 0 radical (unpaired) electrons. The lowest BCUT2D eigenvalue weighted by Crippen LogP contribution is -2.41. The molecule has 4 rings (SSSR count). The molecule has 1 atom stereocenters. The number of nitrogens with one attached hydrogen (secondary N) is 1. The van der Waals surface area contributed by atoms with Gasteiger partial charge in [-0.05, 0) is 55.3 Å². The van der Waals surface area contributed by atoms with Gasteiger partial charge in [-0.3, -0.25) is 9.59 Å². The van der Waals surface area contributed by atoms with Crippen LogP contribution in [0, 0.1) is 13.8 Å². The van der Waals surface area contributed by atoms with E-state index in [0.717, 1.165) is 17.0 Å². The van der Waals surface area contributed by atoms with Crippen LogP contribution in [0.3, 0.4) is 0 Å². The number of hydrogen-bond donors (Lipinski definition) is 1. The number of methoxy groups -OCH3 is 3. The van der Waals surface area contributed by atoms with Crippen LogP contribution in [-0.4, -0.2) is 53.8 Å². The molecule has 1 aromatic heterocycles. The first kappa shape index (κ1) is 30.4. The van der Waals surface area contributed by atoms with Gasteiger partial charge in [0.05, 0.1) is 32.8 Å². The van der Waals surface area contributed by atoms with Crippen LogP contribution in [-0.2, 0) is 16.1 Å². The van der Waals surface area contributed by atoms with Crippen LogP contribution in [0.1, 0.15) is 28.6 Å². The second kappa shape index (κ2) is 14.4. The van der Waals surface area contributed by atoms with Crippen LogP contribution in [0.4, 0.5) is 5.69 Å². The average Bonchev–Trinajstić information content (AvgIpc) is 3.00. The Hall–Kier alpha value is -4.57. The summed E-state index contributed by atoms with van der Waals surface area (Å²) in [5.41, 5.74) is 3.60. The van der Waals surface area contributed by atoms with Gasteiger partial charge < -0.3 is 24.4 Å². The van der Waals surface area contributed by atoms with Crippen molar-refractivity contribution in [3.8, 4) is 17.2 Å². The van der Waals surface area contributed by atoms with Gasteiger partial charge in [0.2, 0.25) is 5.91 Å². The summed E-state index contributed by atoms with van der Waals surface area (Å²) >= 11 is 1.24. The van der Waals surface area contributed by atoms with Crippen LogP contribution in [0.2, 0.25) is 0 Å². The minimum atomic E-state index is -0.976. The highest BCUT2D eigenvalue weighted by molar-refractivity contribution is 7.99. The number of benzene rings is 3. The van der Waals surface area contributed by atoms with Crippen LogP contribution in [0.25, 0.3) is 0 Å². The van der Waals surface area contributed by atoms with Crippen molar-refractivity contribution in [3.05, 3.63) is 101 Å². The Morgan fingerprint density at radius 2 is 1.48 bits per heavy atom. The molecule has 0 aliphatic heterocycles. The summed E-state index contributed by atoms with van der Waals surface area (Å²) in [6, 6.07) is 22.7. The summed E-state index contributed by atoms with van der Waals surface area (Å²) in [5, 5.41) is 3.48. The largest absolute Gasteiger partial charge is 0.497 e. The number of aryl methyl sites for hydroxylation is 2. The quantitative estimate of drug-likeness (QED) is 0.169. The lowest BCUT2D eigenvalue weighted by molar-refractivity contribution is -0.137. The van der Waals surface area contributed by atoms with E-state index in [1.165, 1.54) is 18.9 Å². The lowest BCUT2D eigenvalue weighted by atomic mass is 10.0. The predicted molar refractivity (Wildman–Crippen MR) is 163 cm³/mol. The number of hydrogen-bond acceptors (Lipinski definition) is 8. The fourth-order valence-corrected chi connectivity index (χ4v) is 5.27. The number of thioether (sulfide) groups is 1. The van der Waals surface area contributed by atoms with E-state index in [1.807, 2.05) is 50.2 Å². The first-order chi connectivity index (χ1) is 20.3. The maximum absolute atomic E-state index is 14.1. The van der Waals surface area contributed by atoms with Crippen molar-refractivity contribution >= 4 is 29.3 Å². The molecule has 0 fully saturated rings. The third kappa shape index (κ3) is 7.79. The van der Waals surface area contributed by atoms with Crippen molar-refractivity contribution in [2.45, 2.75) is 31.6 Å². The number of nitrogens with zero attached hydrogens (tertiary/aromatic N) is 3. The standard InChI is InChI=1S/C32H34N4O5S/c1-21-17-22(2)34-32(33-21)42-20-29(37)36(19-23-9-7-6-8-10-23)30(24-11-13-25(39-3)14-12-24)31(38)35-27-16-15-26(40-4)18-28(27)41-5/h6-18,30H,19-20H2,1-5H3,(H,35,38)/t30-/m0/s1. The van der Waals surface area contributed by atoms with E-state index in [0.29, 0.717) is 33.7 Å². The number of ether oxygens (including phenoxy) is 3. The van der Waals surface area contributed by atoms with Crippen molar-refractivity contribution < 1.29 is 23.8 Å². The molecule has 0 saturated heterocycles. The fraction of sp³-hybridized carbons (Fsp3) is 0.250. The Labute approximate surface area is 250 Å². The highest BCUT2D eigenvalue weighted by Crippen LogP contribution is 2.32. The minimum absolute atomic E-state index is 0.0432. The van der Waals surface area contributed by atoms with Gasteiger partial charge in [0.25, 0.3) is 5.91 Å². The van der Waals surface area contributed by atoms with E-state index in [-0.39, 0.29) is 18.2 Å². The van der Waals surface area contributed by atoms with Crippen molar-refractivity contribution in [3.63, 3.8) is 0 Å². The number of carbonyl (C=O) groups excluding carboxylic acids is 2. The molecule has 0 bridgehead atoms. The summed E-state index contributed by atoms with van der Waals surface area (Å²) in [6.45, 7) is 3.98. The Balaban J connectivity index is 1.72. The molecule has 9 nitrogen and oxygen atoms in total. The normalized spacial score (nSPS) is 11.4. The third-order valence-corrected chi connectivity index (χ3v) is 7.29. The zero-order valence-electron chi connectivity index (χ0n) is 24.3. The monoisotopic (exact) mass is 586 g/mol. The van der Waals surface area contributed by atoms with E-state index in [4.69, 9.17) is 14.2 Å². The van der Waals surface area contributed by atoms with E-state index < -0.39 is 11.9 Å². The number of anilines is 1. The zero-order chi connectivity index (χ0) is 30.1. The Kier molecular flexibility index (Phi) is 10.4. The molecule has 218 valence electrons. The summed E-state index contributed by atoms with van der Waals surface area (Å²) in [4.78, 5) is 38.6. The molecule has 42 heavy (non-hydrogen) atoms. The molecule has 2 amide bonds. The number of amides is 2. The SMILES string of the molecule is COc1ccc([C@@H](C(=O)Nc2ccc(OC)cc2OC)N(Cc2ccccc2)C(=O)CSc2nc(C)cc(C)n2)cc1. The zero-order valence-corrected chi connectivity index (χ0v) is 25.1. The molecule has 0 aliphatic carbocycles. The smallest absolute Gasteiger partial charge is 0.251 e. The topological polar surface area (TPSA) is 103 Å². The van der Waals surface area contributed by atoms with Crippen LogP contribution >= 0.6 is 11.8 Å². The molecule has 1 N–H and O–H groups in total. The van der Waals surface area contributed by atoms with Gasteiger partial charge in [0.15, 0.2) is 5.16 Å². The highest BCUT2D eigenvalue weighted by atomic mass is 32.2. The number of aromatic nitrogens is 2. The second-order valence-electron chi connectivity index (χ2n) is 9.46. The Morgan fingerprint density at radius 1 is 0.833 bits per heavy atom. The van der Waals surface area contributed by atoms with Crippen molar-refractivity contribution in [1.29, 1.82) is 0 Å². The van der Waals surface area contributed by atoms with Crippen LogP contribution in [0.15, 0.2) is 84.0 Å². The van der Waals surface area contributed by atoms with Crippen LogP contribution in [0.5, 0.6) is 17.2 Å². The average molecular weight is 587 g/mol. The minimum Gasteiger partial charge on any atom is -0.497 e. The third-order valence-electron chi connectivity index (χ3n) is 6.46. The first-order valence-electron chi connectivity index (χ1n) is 13.3. The second-order valence-corrected chi connectivity index (χ2v) is 10.4. The van der Waals surface area contributed by atoms with Gasteiger partial charge in [0, 0.05) is 24.0 Å². The van der Waals surface area contributed by atoms with E-state index in [9.17, 15) is 9.59 Å². The number of carbonyl (C=O) groups is 2. The molecule has 0 spiro atoms. The van der Waals surface area contributed by atoms with E-state index in [2.05, 4.69) is 15.3 Å². The van der Waals surface area contributed by atoms with Gasteiger partial charge in [-0.2, -0.15) is 0 Å². The molecule has 0 unspecified atom stereocenters. The molecular formula is C32H34N4O5S. The highest BCUT2D eigenvalue weighted by Gasteiger charge is 2.32. The molecule has 1 heterocycles. The molecular weight excluding hydrogens is 552 g/mol. The molecule has 0 saturated carbocycles. The van der Waals surface area contributed by atoms with Gasteiger partial charge in [-0.1, -0.05) is 54.2 Å². The van der Waals surface area contributed by atoms with E-state index >= 15 is 0 Å². The summed E-state index contributed by atoms with van der Waals surface area (Å²) in [6.07, 6.45) is 0. The maximum Gasteiger partial charge on any atom is 0.251 e. The summed E-state index contributed by atoms with van der Waals surface area (Å²) < 4.78 is 16.1. The maximum atomic E-state index is 14.1. The van der Waals surface area contributed by atoms with Crippen molar-refractivity contribution in [2.24, 2.45) is 0 Å². The molecule has 4 aromatic rings. The summed E-state index contributed by atoms with van der Waals surface area (Å²) in [5.74, 6) is 1.05. The van der Waals surface area contributed by atoms with Crippen LogP contribution < -0.4 is 19.5 Å². The van der Waals surface area contributed by atoms with Gasteiger partial charge in [0.1, 0.15) is 23.3 Å². The van der Waals surface area contributed by atoms with Gasteiger partial charge in [-0.25, -0.2) is 9.97 Å². The Morgan fingerprint density at radius 3 is 2.10 bits per heavy atom.